The minimum atomic E-state index is -4.45. The summed E-state index contributed by atoms with van der Waals surface area (Å²) < 4.78 is 41.2. The fourth-order valence-corrected chi connectivity index (χ4v) is 4.77. The summed E-state index contributed by atoms with van der Waals surface area (Å²) in [4.78, 5) is 15.3. The number of pyridine rings is 1. The van der Waals surface area contributed by atoms with Gasteiger partial charge < -0.3 is 4.90 Å². The van der Waals surface area contributed by atoms with Gasteiger partial charge in [0.05, 0.1) is 5.56 Å². The molecule has 5 rings (SSSR count). The van der Waals surface area contributed by atoms with Gasteiger partial charge in [-0.2, -0.15) is 13.2 Å². The molecule has 0 radical (unpaired) electrons. The van der Waals surface area contributed by atoms with Gasteiger partial charge in [0.1, 0.15) is 5.82 Å². The van der Waals surface area contributed by atoms with Gasteiger partial charge in [-0.3, -0.25) is 9.20 Å². The van der Waals surface area contributed by atoms with Gasteiger partial charge in [0, 0.05) is 30.8 Å². The number of carbonyl (C=O) groups excluding carboxylic acids is 1. The number of aromatic nitrogens is 3. The van der Waals surface area contributed by atoms with Crippen LogP contribution in [0.1, 0.15) is 51.6 Å². The van der Waals surface area contributed by atoms with Crippen LogP contribution in [0.2, 0.25) is 0 Å². The molecule has 1 saturated heterocycles. The molecule has 180 valence electrons. The first kappa shape index (κ1) is 23.1. The van der Waals surface area contributed by atoms with Crippen LogP contribution < -0.4 is 0 Å². The predicted octanol–water partition coefficient (Wildman–Crippen LogP) is 5.55. The van der Waals surface area contributed by atoms with Gasteiger partial charge in [0.2, 0.25) is 0 Å². The number of aryl methyl sites for hydroxylation is 2. The Morgan fingerprint density at radius 3 is 2.51 bits per heavy atom. The first-order valence-electron chi connectivity index (χ1n) is 11.7. The monoisotopic (exact) mass is 478 g/mol. The van der Waals surface area contributed by atoms with Gasteiger partial charge >= 0.3 is 6.18 Å². The molecule has 1 unspecified atom stereocenters. The summed E-state index contributed by atoms with van der Waals surface area (Å²) in [5.41, 5.74) is 2.50. The number of halogens is 3. The molecule has 1 aliphatic rings. The van der Waals surface area contributed by atoms with Crippen LogP contribution in [-0.2, 0) is 19.0 Å². The minimum Gasteiger partial charge on any atom is -0.338 e. The van der Waals surface area contributed by atoms with Gasteiger partial charge in [0.25, 0.3) is 5.91 Å². The number of carbonyl (C=O) groups is 1. The molecule has 0 aliphatic carbocycles. The molecule has 4 aromatic rings. The van der Waals surface area contributed by atoms with Gasteiger partial charge in [-0.05, 0) is 55.0 Å². The van der Waals surface area contributed by atoms with E-state index < -0.39 is 11.7 Å². The van der Waals surface area contributed by atoms with E-state index in [0.717, 1.165) is 43.5 Å². The molecule has 0 N–H and O–H groups in total. The summed E-state index contributed by atoms with van der Waals surface area (Å²) >= 11 is 0. The van der Waals surface area contributed by atoms with Crippen LogP contribution in [0.5, 0.6) is 0 Å². The van der Waals surface area contributed by atoms with Crippen molar-refractivity contribution in [1.82, 2.24) is 19.5 Å². The van der Waals surface area contributed by atoms with E-state index in [0.29, 0.717) is 30.1 Å². The molecular weight excluding hydrogens is 453 g/mol. The van der Waals surface area contributed by atoms with Crippen molar-refractivity contribution in [2.24, 2.45) is 0 Å². The van der Waals surface area contributed by atoms with Crippen molar-refractivity contribution < 1.29 is 18.0 Å². The van der Waals surface area contributed by atoms with Crippen molar-refractivity contribution in [3.63, 3.8) is 0 Å². The molecule has 0 saturated carbocycles. The summed E-state index contributed by atoms with van der Waals surface area (Å²) in [6, 6.07) is 20.1. The number of benzene rings is 2. The summed E-state index contributed by atoms with van der Waals surface area (Å²) in [7, 11) is 0. The zero-order valence-corrected chi connectivity index (χ0v) is 19.1. The Morgan fingerprint density at radius 1 is 0.943 bits per heavy atom. The average Bonchev–Trinajstić information content (AvgIpc) is 3.31. The molecule has 1 fully saturated rings. The van der Waals surface area contributed by atoms with Crippen LogP contribution in [0.3, 0.4) is 0 Å². The third kappa shape index (κ3) is 4.92. The van der Waals surface area contributed by atoms with E-state index in [9.17, 15) is 18.0 Å². The lowest BCUT2D eigenvalue weighted by molar-refractivity contribution is -0.137. The van der Waals surface area contributed by atoms with Crippen molar-refractivity contribution in [3.05, 3.63) is 101 Å². The van der Waals surface area contributed by atoms with Crippen molar-refractivity contribution >= 4 is 11.6 Å². The summed E-state index contributed by atoms with van der Waals surface area (Å²) in [5.74, 6) is 0.215. The van der Waals surface area contributed by atoms with Crippen molar-refractivity contribution in [1.29, 1.82) is 0 Å². The number of hydrogen-bond donors (Lipinski definition) is 0. The maximum absolute atomic E-state index is 13.5. The molecule has 2 aromatic heterocycles. The highest BCUT2D eigenvalue weighted by atomic mass is 19.4. The van der Waals surface area contributed by atoms with Gasteiger partial charge in [-0.15, -0.1) is 10.2 Å². The van der Waals surface area contributed by atoms with E-state index in [1.54, 1.807) is 4.90 Å². The topological polar surface area (TPSA) is 50.5 Å². The molecule has 1 atom stereocenters. The molecule has 8 heteroatoms. The Morgan fingerprint density at radius 2 is 1.71 bits per heavy atom. The van der Waals surface area contributed by atoms with Gasteiger partial charge in [-0.25, -0.2) is 0 Å². The van der Waals surface area contributed by atoms with E-state index in [1.165, 1.54) is 16.0 Å². The highest BCUT2D eigenvalue weighted by Gasteiger charge is 2.33. The van der Waals surface area contributed by atoms with Gasteiger partial charge in [-0.1, -0.05) is 48.5 Å². The molecule has 0 spiro atoms. The number of hydrogen-bond acceptors (Lipinski definition) is 3. The van der Waals surface area contributed by atoms with Crippen LogP contribution in [-0.4, -0.2) is 38.5 Å². The van der Waals surface area contributed by atoms with Gasteiger partial charge in [0.15, 0.2) is 5.65 Å². The first-order valence-corrected chi connectivity index (χ1v) is 11.7. The number of likely N-dealkylation sites (tertiary alicyclic amines) is 1. The quantitative estimate of drug-likeness (QED) is 0.378. The molecule has 35 heavy (non-hydrogen) atoms. The zero-order chi connectivity index (χ0) is 24.4. The van der Waals surface area contributed by atoms with E-state index in [1.807, 2.05) is 42.5 Å². The van der Waals surface area contributed by atoms with E-state index in [-0.39, 0.29) is 11.8 Å². The van der Waals surface area contributed by atoms with E-state index in [4.69, 9.17) is 0 Å². The first-order chi connectivity index (χ1) is 16.9. The lowest BCUT2D eigenvalue weighted by atomic mass is 9.94. The van der Waals surface area contributed by atoms with E-state index in [2.05, 4.69) is 22.3 Å². The Balaban J connectivity index is 1.36. The lowest BCUT2D eigenvalue weighted by Gasteiger charge is -2.32. The van der Waals surface area contributed by atoms with Crippen LogP contribution in [0, 0.1) is 0 Å². The fraction of sp³-hybridized carbons (Fsp3) is 0.296. The molecule has 1 aliphatic heterocycles. The lowest BCUT2D eigenvalue weighted by Crippen LogP contribution is -2.40. The standard InChI is InChI=1S/C27H25F3N4O/c28-27(29,30)22-14-15-24-31-32-25(34(24)18-22)21-10-6-16-33(17-21)26(35)23-11-5-4-9-20(23)13-12-19-7-2-1-3-8-19/h1-5,7-9,11,14-15,18,21H,6,10,12-13,16-17H2. The maximum atomic E-state index is 13.5. The molecule has 5 nitrogen and oxygen atoms in total. The third-order valence-corrected chi connectivity index (χ3v) is 6.60. The maximum Gasteiger partial charge on any atom is 0.417 e. The van der Waals surface area contributed by atoms with Crippen molar-refractivity contribution in [3.8, 4) is 0 Å². The molecule has 0 bridgehead atoms. The number of alkyl halides is 3. The molecule has 3 heterocycles. The van der Waals surface area contributed by atoms with Crippen molar-refractivity contribution in [2.75, 3.05) is 13.1 Å². The molecule has 2 aromatic carbocycles. The van der Waals surface area contributed by atoms with Crippen LogP contribution in [0.4, 0.5) is 13.2 Å². The summed E-state index contributed by atoms with van der Waals surface area (Å²) in [5, 5.41) is 8.25. The Hall–Kier alpha value is -3.68. The highest BCUT2D eigenvalue weighted by Crippen LogP contribution is 2.32. The summed E-state index contributed by atoms with van der Waals surface area (Å²) in [6.45, 7) is 0.996. The second-order valence-corrected chi connectivity index (χ2v) is 8.93. The van der Waals surface area contributed by atoms with Crippen LogP contribution in [0.25, 0.3) is 5.65 Å². The second kappa shape index (κ2) is 9.52. The number of fused-ring (bicyclic) bond motifs is 1. The molecule has 1 amide bonds. The Labute approximate surface area is 201 Å². The molecular formula is C27H25F3N4O. The second-order valence-electron chi connectivity index (χ2n) is 8.93. The largest absolute Gasteiger partial charge is 0.417 e. The highest BCUT2D eigenvalue weighted by molar-refractivity contribution is 5.95. The SMILES string of the molecule is O=C(c1ccccc1CCc1ccccc1)N1CCCC(c2nnc3ccc(C(F)(F)F)cn23)C1. The average molecular weight is 479 g/mol. The third-order valence-electron chi connectivity index (χ3n) is 6.60. The Bertz CT molecular complexity index is 1330. The minimum absolute atomic E-state index is 0.0526. The number of amides is 1. The fourth-order valence-electron chi connectivity index (χ4n) is 4.77. The smallest absolute Gasteiger partial charge is 0.338 e. The normalized spacial score (nSPS) is 16.5. The number of piperidine rings is 1. The summed E-state index contributed by atoms with van der Waals surface area (Å²) in [6.07, 6.45) is -0.343. The van der Waals surface area contributed by atoms with E-state index >= 15 is 0 Å². The van der Waals surface area contributed by atoms with Crippen LogP contribution in [0.15, 0.2) is 72.9 Å². The predicted molar refractivity (Wildman–Crippen MR) is 126 cm³/mol. The zero-order valence-electron chi connectivity index (χ0n) is 19.1. The Kier molecular flexibility index (Phi) is 6.28. The number of rotatable bonds is 5. The van der Waals surface area contributed by atoms with Crippen molar-refractivity contribution in [2.45, 2.75) is 37.8 Å². The number of nitrogens with zero attached hydrogens (tertiary/aromatic N) is 4. The van der Waals surface area contributed by atoms with Crippen LogP contribution >= 0.6 is 0 Å².